The van der Waals surface area contributed by atoms with Gasteiger partial charge in [-0.25, -0.2) is 4.98 Å². The fourth-order valence-corrected chi connectivity index (χ4v) is 3.38. The summed E-state index contributed by atoms with van der Waals surface area (Å²) in [5.41, 5.74) is 4.69. The quantitative estimate of drug-likeness (QED) is 0.703. The number of benzene rings is 2. The largest absolute Gasteiger partial charge is 0.544 e. The first kappa shape index (κ1) is 17.2. The van der Waals surface area contributed by atoms with Crippen molar-refractivity contribution < 1.29 is 14.6 Å². The minimum absolute atomic E-state index is 0.178. The number of rotatable bonds is 5. The number of nitrogens with zero attached hydrogens (tertiary/aromatic N) is 1. The summed E-state index contributed by atoms with van der Waals surface area (Å²) in [7, 11) is 0. The number of ether oxygens (including phenoxy) is 1. The fourth-order valence-electron chi connectivity index (χ4n) is 2.48. The zero-order chi connectivity index (χ0) is 18.0. The van der Waals surface area contributed by atoms with Crippen LogP contribution in [0.5, 0.6) is 5.75 Å². The molecule has 0 fully saturated rings. The summed E-state index contributed by atoms with van der Waals surface area (Å²) in [5, 5.41) is 11.7. The number of aromatic nitrogens is 1. The molecule has 3 aromatic rings. The summed E-state index contributed by atoms with van der Waals surface area (Å²) < 4.78 is 5.90. The lowest BCUT2D eigenvalue weighted by molar-refractivity contribution is -0.254. The number of aryl methyl sites for hydroxylation is 3. The molecule has 0 amide bonds. The van der Waals surface area contributed by atoms with E-state index in [2.05, 4.69) is 11.1 Å². The molecule has 0 saturated carbocycles. The molecule has 0 saturated heterocycles. The molecule has 3 rings (SSSR count). The molecular weight excluding hydrogens is 334 g/mol. The lowest BCUT2D eigenvalue weighted by atomic mass is 10.1. The van der Waals surface area contributed by atoms with Crippen LogP contribution in [-0.2, 0) is 6.61 Å². The first-order valence-electron chi connectivity index (χ1n) is 7.92. The van der Waals surface area contributed by atoms with E-state index < -0.39 is 5.97 Å². The molecule has 2 aromatic carbocycles. The fraction of sp³-hybridized carbons (Fsp3) is 0.200. The van der Waals surface area contributed by atoms with Crippen LogP contribution in [-0.4, -0.2) is 11.0 Å². The molecule has 128 valence electrons. The number of carbonyl (C=O) groups excluding carboxylic acids is 1. The monoisotopic (exact) mass is 352 g/mol. The van der Waals surface area contributed by atoms with Gasteiger partial charge in [-0.3, -0.25) is 0 Å². The zero-order valence-corrected chi connectivity index (χ0v) is 15.1. The number of thiazole rings is 1. The number of hydrogen-bond acceptors (Lipinski definition) is 5. The van der Waals surface area contributed by atoms with Gasteiger partial charge in [-0.05, 0) is 43.5 Å². The first-order valence-corrected chi connectivity index (χ1v) is 8.74. The Labute approximate surface area is 150 Å². The van der Waals surface area contributed by atoms with Crippen molar-refractivity contribution in [2.45, 2.75) is 27.4 Å². The summed E-state index contributed by atoms with van der Waals surface area (Å²) in [6.07, 6.45) is 0. The van der Waals surface area contributed by atoms with Gasteiger partial charge >= 0.3 is 0 Å². The van der Waals surface area contributed by atoms with Gasteiger partial charge < -0.3 is 14.6 Å². The molecular formula is C20H18NO3S-. The summed E-state index contributed by atoms with van der Waals surface area (Å²) in [6.45, 7) is 6.22. The van der Waals surface area contributed by atoms with Gasteiger partial charge in [0.25, 0.3) is 0 Å². The van der Waals surface area contributed by atoms with Crippen LogP contribution >= 0.6 is 11.3 Å². The Bertz CT molecular complexity index is 913. The van der Waals surface area contributed by atoms with E-state index in [0.717, 1.165) is 33.8 Å². The van der Waals surface area contributed by atoms with Crippen molar-refractivity contribution >= 4 is 17.3 Å². The van der Waals surface area contributed by atoms with E-state index >= 15 is 0 Å². The van der Waals surface area contributed by atoms with Gasteiger partial charge in [-0.15, -0.1) is 11.3 Å². The third kappa shape index (κ3) is 3.88. The number of hydrogen-bond donors (Lipinski definition) is 0. The minimum atomic E-state index is -1.18. The summed E-state index contributed by atoms with van der Waals surface area (Å²) in [4.78, 5) is 15.5. The van der Waals surface area contributed by atoms with Crippen LogP contribution in [0.15, 0.2) is 42.5 Å². The van der Waals surface area contributed by atoms with Crippen LogP contribution in [0.1, 0.15) is 32.1 Å². The molecule has 0 atom stereocenters. The molecule has 0 aliphatic heterocycles. The van der Waals surface area contributed by atoms with Crippen molar-refractivity contribution in [2.24, 2.45) is 0 Å². The van der Waals surface area contributed by atoms with Crippen molar-refractivity contribution in [1.82, 2.24) is 4.98 Å². The summed E-state index contributed by atoms with van der Waals surface area (Å²) in [5.74, 6) is -0.294. The maximum atomic E-state index is 11.0. The molecule has 0 aliphatic carbocycles. The van der Waals surface area contributed by atoms with E-state index in [0.29, 0.717) is 17.3 Å². The van der Waals surface area contributed by atoms with Crippen molar-refractivity contribution in [3.63, 3.8) is 0 Å². The van der Waals surface area contributed by atoms with Gasteiger partial charge in [0.1, 0.15) is 17.4 Å². The molecule has 0 aliphatic rings. The van der Waals surface area contributed by atoms with Crippen molar-refractivity contribution in [3.8, 4) is 16.3 Å². The van der Waals surface area contributed by atoms with E-state index in [1.807, 2.05) is 50.2 Å². The molecule has 25 heavy (non-hydrogen) atoms. The van der Waals surface area contributed by atoms with Gasteiger partial charge in [0.2, 0.25) is 0 Å². The number of carboxylic acids is 1. The highest BCUT2D eigenvalue weighted by Crippen LogP contribution is 2.28. The third-order valence-corrected chi connectivity index (χ3v) is 5.11. The molecule has 4 nitrogen and oxygen atoms in total. The maximum absolute atomic E-state index is 11.0. The smallest absolute Gasteiger partial charge is 0.124 e. The van der Waals surface area contributed by atoms with Gasteiger partial charge in [-0.2, -0.15) is 0 Å². The highest BCUT2D eigenvalue weighted by Gasteiger charge is 2.10. The van der Waals surface area contributed by atoms with Crippen LogP contribution in [0.4, 0.5) is 0 Å². The number of carboxylic acid groups (broad SMARTS) is 1. The molecule has 0 unspecified atom stereocenters. The normalized spacial score (nSPS) is 10.7. The second-order valence-corrected chi connectivity index (χ2v) is 6.97. The van der Waals surface area contributed by atoms with Gasteiger partial charge in [0.05, 0.1) is 16.5 Å². The Balaban J connectivity index is 1.73. The molecule has 1 heterocycles. The molecule has 0 spiro atoms. The Morgan fingerprint density at radius 1 is 1.12 bits per heavy atom. The second-order valence-electron chi connectivity index (χ2n) is 5.98. The number of carbonyl (C=O) groups is 1. The topological polar surface area (TPSA) is 62.2 Å². The number of aromatic carboxylic acids is 1. The Morgan fingerprint density at radius 2 is 1.84 bits per heavy atom. The molecule has 0 radical (unpaired) electrons. The van der Waals surface area contributed by atoms with Crippen LogP contribution in [0.25, 0.3) is 10.6 Å². The Kier molecular flexibility index (Phi) is 4.86. The lowest BCUT2D eigenvalue weighted by Crippen LogP contribution is -2.21. The van der Waals surface area contributed by atoms with Crippen molar-refractivity contribution in [3.05, 3.63) is 69.7 Å². The zero-order valence-electron chi connectivity index (χ0n) is 14.3. The van der Waals surface area contributed by atoms with E-state index in [1.165, 1.54) is 5.56 Å². The van der Waals surface area contributed by atoms with Crippen molar-refractivity contribution in [1.29, 1.82) is 0 Å². The predicted octanol–water partition coefficient (Wildman–Crippen LogP) is 3.68. The van der Waals surface area contributed by atoms with Crippen LogP contribution in [0.3, 0.4) is 0 Å². The summed E-state index contributed by atoms with van der Waals surface area (Å²) >= 11 is 1.14. The van der Waals surface area contributed by atoms with Crippen molar-refractivity contribution in [2.75, 3.05) is 0 Å². The average Bonchev–Trinajstić information content (AvgIpc) is 2.98. The Morgan fingerprint density at radius 3 is 2.48 bits per heavy atom. The van der Waals surface area contributed by atoms with E-state index in [4.69, 9.17) is 4.74 Å². The molecule has 5 heteroatoms. The van der Waals surface area contributed by atoms with Crippen LogP contribution < -0.4 is 9.84 Å². The van der Waals surface area contributed by atoms with Crippen LogP contribution in [0, 0.1) is 20.8 Å². The highest BCUT2D eigenvalue weighted by molar-refractivity contribution is 7.17. The Hall–Kier alpha value is -2.66. The molecule has 1 aromatic heterocycles. The predicted molar refractivity (Wildman–Crippen MR) is 96.9 cm³/mol. The van der Waals surface area contributed by atoms with Crippen LogP contribution in [0.2, 0.25) is 0 Å². The van der Waals surface area contributed by atoms with E-state index in [9.17, 15) is 9.90 Å². The summed E-state index contributed by atoms with van der Waals surface area (Å²) in [6, 6.07) is 13.9. The lowest BCUT2D eigenvalue weighted by Gasteiger charge is -2.10. The third-order valence-electron chi connectivity index (χ3n) is 3.92. The van der Waals surface area contributed by atoms with E-state index in [-0.39, 0.29) is 4.88 Å². The standard InChI is InChI=1S/C20H19NO3S/c1-12-4-5-13(2)17(10-12)24-11-15-6-8-16(9-7-15)19-21-14(3)18(25-19)20(22)23/h4-10H,11H2,1-3H3,(H,22,23)/p-1. The maximum Gasteiger partial charge on any atom is 0.124 e. The van der Waals surface area contributed by atoms with Gasteiger partial charge in [-0.1, -0.05) is 36.4 Å². The minimum Gasteiger partial charge on any atom is -0.544 e. The SMILES string of the molecule is Cc1ccc(C)c(OCc2ccc(-c3nc(C)c(C(=O)[O-])s3)cc2)c1. The molecule has 0 N–H and O–H groups in total. The van der Waals surface area contributed by atoms with Gasteiger partial charge in [0, 0.05) is 5.56 Å². The second kappa shape index (κ2) is 7.07. The highest BCUT2D eigenvalue weighted by atomic mass is 32.1. The molecule has 0 bridgehead atoms. The first-order chi connectivity index (χ1) is 11.9. The van der Waals surface area contributed by atoms with E-state index in [1.54, 1.807) is 6.92 Å². The average molecular weight is 352 g/mol. The van der Waals surface area contributed by atoms with Gasteiger partial charge in [0.15, 0.2) is 0 Å².